The molecule has 0 aliphatic rings. The second kappa shape index (κ2) is 3.02. The first kappa shape index (κ1) is 8.55. The average Bonchev–Trinajstić information content (AvgIpc) is 2.64. The highest BCUT2D eigenvalue weighted by molar-refractivity contribution is 5.19. The Labute approximate surface area is 78.6 Å². The second-order valence-electron chi connectivity index (χ2n) is 2.89. The van der Waals surface area contributed by atoms with E-state index in [1.54, 1.807) is 19.1 Å². The molecule has 0 saturated carbocycles. The Morgan fingerprint density at radius 3 is 2.86 bits per heavy atom. The quantitative estimate of drug-likeness (QED) is 0.712. The first-order chi connectivity index (χ1) is 6.68. The fourth-order valence-electron chi connectivity index (χ4n) is 1.14. The molecule has 2 aromatic rings. The number of furan rings is 1. The molecule has 72 valence electrons. The molecule has 0 fully saturated rings. The van der Waals surface area contributed by atoms with Crippen molar-refractivity contribution in [2.24, 2.45) is 0 Å². The van der Waals surface area contributed by atoms with Gasteiger partial charge in [-0.05, 0) is 13.0 Å². The van der Waals surface area contributed by atoms with Crippen LogP contribution in [0.5, 0.6) is 0 Å². The number of hydrogen-bond acceptors (Lipinski definition) is 3. The van der Waals surface area contributed by atoms with Gasteiger partial charge in [0.1, 0.15) is 0 Å². The van der Waals surface area contributed by atoms with Crippen molar-refractivity contribution in [3.63, 3.8) is 0 Å². The van der Waals surface area contributed by atoms with Gasteiger partial charge in [0.25, 0.3) is 5.56 Å². The lowest BCUT2D eigenvalue weighted by Crippen LogP contribution is -2.29. The van der Waals surface area contributed by atoms with Gasteiger partial charge in [0.05, 0.1) is 6.26 Å². The number of aryl methyl sites for hydroxylation is 1. The number of nitrogens with one attached hydrogen (secondary N) is 1. The molecule has 0 atom stereocenters. The zero-order valence-corrected chi connectivity index (χ0v) is 7.48. The minimum Gasteiger partial charge on any atom is -0.448 e. The van der Waals surface area contributed by atoms with Gasteiger partial charge in [-0.3, -0.25) is 9.78 Å². The van der Waals surface area contributed by atoms with E-state index in [0.717, 1.165) is 0 Å². The molecule has 0 amide bonds. The topological polar surface area (TPSA) is 68.0 Å². The van der Waals surface area contributed by atoms with Crippen LogP contribution >= 0.6 is 0 Å². The maximum absolute atomic E-state index is 11.3. The zero-order chi connectivity index (χ0) is 10.1. The molecule has 0 spiro atoms. The van der Waals surface area contributed by atoms with Crippen molar-refractivity contribution in [1.82, 2.24) is 9.55 Å². The summed E-state index contributed by atoms with van der Waals surface area (Å²) in [5.74, 6) is 0.384. The van der Waals surface area contributed by atoms with E-state index in [9.17, 15) is 9.59 Å². The highest BCUT2D eigenvalue weighted by Crippen LogP contribution is 2.03. The summed E-state index contributed by atoms with van der Waals surface area (Å²) in [6.07, 6.45) is 2.90. The summed E-state index contributed by atoms with van der Waals surface area (Å²) in [5, 5.41) is 0. The van der Waals surface area contributed by atoms with Crippen LogP contribution in [-0.4, -0.2) is 9.55 Å². The monoisotopic (exact) mass is 192 g/mol. The first-order valence-electron chi connectivity index (χ1n) is 4.05. The molecule has 2 heterocycles. The van der Waals surface area contributed by atoms with E-state index in [2.05, 4.69) is 4.98 Å². The maximum atomic E-state index is 11.3. The molecule has 0 radical (unpaired) electrons. The number of H-pyrrole nitrogens is 1. The van der Waals surface area contributed by atoms with E-state index >= 15 is 0 Å². The molecule has 0 unspecified atom stereocenters. The van der Waals surface area contributed by atoms with Gasteiger partial charge >= 0.3 is 5.69 Å². The van der Waals surface area contributed by atoms with E-state index in [4.69, 9.17) is 4.42 Å². The minimum absolute atomic E-state index is 0.377. The van der Waals surface area contributed by atoms with Crippen molar-refractivity contribution in [2.75, 3.05) is 0 Å². The average molecular weight is 192 g/mol. The third-order valence-corrected chi connectivity index (χ3v) is 1.86. The van der Waals surface area contributed by atoms with Crippen LogP contribution in [0.2, 0.25) is 0 Å². The van der Waals surface area contributed by atoms with Crippen molar-refractivity contribution < 1.29 is 4.42 Å². The van der Waals surface area contributed by atoms with Crippen molar-refractivity contribution in [1.29, 1.82) is 0 Å². The predicted octanol–water partition coefficient (Wildman–Crippen LogP) is 0.427. The van der Waals surface area contributed by atoms with Gasteiger partial charge in [-0.1, -0.05) is 0 Å². The van der Waals surface area contributed by atoms with Crippen LogP contribution < -0.4 is 11.2 Å². The minimum atomic E-state index is -0.504. The summed E-state index contributed by atoms with van der Waals surface area (Å²) < 4.78 is 6.28. The van der Waals surface area contributed by atoms with Gasteiger partial charge in [-0.2, -0.15) is 0 Å². The molecule has 0 aliphatic heterocycles. The third kappa shape index (κ3) is 1.28. The Hall–Kier alpha value is -2.04. The summed E-state index contributed by atoms with van der Waals surface area (Å²) in [7, 11) is 0. The van der Waals surface area contributed by atoms with Crippen LogP contribution in [0, 0.1) is 6.92 Å². The second-order valence-corrected chi connectivity index (χ2v) is 2.89. The highest BCUT2D eigenvalue weighted by Gasteiger charge is 2.04. The van der Waals surface area contributed by atoms with Crippen LogP contribution in [0.1, 0.15) is 5.56 Å². The van der Waals surface area contributed by atoms with Gasteiger partial charge in [0.15, 0.2) is 0 Å². The van der Waals surface area contributed by atoms with Gasteiger partial charge in [-0.25, -0.2) is 9.36 Å². The fourth-order valence-corrected chi connectivity index (χ4v) is 1.14. The molecule has 1 N–H and O–H groups in total. The highest BCUT2D eigenvalue weighted by atomic mass is 16.3. The number of aromatic nitrogens is 2. The van der Waals surface area contributed by atoms with Crippen LogP contribution in [-0.2, 0) is 0 Å². The Kier molecular flexibility index (Phi) is 1.85. The Bertz CT molecular complexity index is 548. The molecule has 14 heavy (non-hydrogen) atoms. The van der Waals surface area contributed by atoms with Crippen LogP contribution in [0.4, 0.5) is 0 Å². The van der Waals surface area contributed by atoms with Crippen molar-refractivity contribution >= 4 is 0 Å². The van der Waals surface area contributed by atoms with Crippen molar-refractivity contribution in [2.45, 2.75) is 6.92 Å². The molecule has 5 heteroatoms. The Balaban J connectivity index is 2.72. The molecule has 0 aromatic carbocycles. The van der Waals surface area contributed by atoms with Crippen LogP contribution in [0.3, 0.4) is 0 Å². The van der Waals surface area contributed by atoms with Crippen molar-refractivity contribution in [3.8, 4) is 5.88 Å². The van der Waals surface area contributed by atoms with Gasteiger partial charge in [-0.15, -0.1) is 0 Å². The molecule has 0 aliphatic carbocycles. The van der Waals surface area contributed by atoms with E-state index < -0.39 is 5.69 Å². The van der Waals surface area contributed by atoms with Crippen LogP contribution in [0.15, 0.2) is 38.6 Å². The predicted molar refractivity (Wildman–Crippen MR) is 49.7 cm³/mol. The number of aromatic amines is 1. The summed E-state index contributed by atoms with van der Waals surface area (Å²) in [4.78, 5) is 24.6. The number of hydrogen-bond donors (Lipinski definition) is 1. The van der Waals surface area contributed by atoms with Gasteiger partial charge in [0, 0.05) is 17.8 Å². The lowest BCUT2D eigenvalue weighted by atomic mass is 10.4. The number of nitrogens with zero attached hydrogens (tertiary/aromatic N) is 1. The van der Waals surface area contributed by atoms with E-state index in [0.29, 0.717) is 11.4 Å². The molecular formula is C9H8N2O3. The summed E-state index contributed by atoms with van der Waals surface area (Å²) in [6, 6.07) is 3.31. The molecule has 2 aromatic heterocycles. The smallest absolute Gasteiger partial charge is 0.335 e. The van der Waals surface area contributed by atoms with E-state index in [1.807, 2.05) is 0 Å². The molecule has 0 bridgehead atoms. The summed E-state index contributed by atoms with van der Waals surface area (Å²) >= 11 is 0. The standard InChI is InChI=1S/C9H8N2O3/c1-6-5-11(7-3-2-4-14-7)9(13)10-8(6)12/h2-5H,1H3,(H,10,12,13). The maximum Gasteiger partial charge on any atom is 0.335 e. The summed E-state index contributed by atoms with van der Waals surface area (Å²) in [6.45, 7) is 1.62. The van der Waals surface area contributed by atoms with Crippen molar-refractivity contribution in [3.05, 3.63) is 51.0 Å². The fraction of sp³-hybridized carbons (Fsp3) is 0.111. The summed E-state index contributed by atoms with van der Waals surface area (Å²) in [5.41, 5.74) is -0.422. The number of rotatable bonds is 1. The Morgan fingerprint density at radius 2 is 2.21 bits per heavy atom. The molecule has 2 rings (SSSR count). The lowest BCUT2D eigenvalue weighted by molar-refractivity contribution is 0.529. The molecular weight excluding hydrogens is 184 g/mol. The third-order valence-electron chi connectivity index (χ3n) is 1.86. The molecule has 5 nitrogen and oxygen atoms in total. The van der Waals surface area contributed by atoms with Gasteiger partial charge in [0.2, 0.25) is 5.88 Å². The largest absolute Gasteiger partial charge is 0.448 e. The zero-order valence-electron chi connectivity index (χ0n) is 7.48. The normalized spacial score (nSPS) is 10.4. The Morgan fingerprint density at radius 1 is 1.43 bits per heavy atom. The lowest BCUT2D eigenvalue weighted by Gasteiger charge is -2.00. The van der Waals surface area contributed by atoms with E-state index in [1.165, 1.54) is 17.0 Å². The molecule has 0 saturated heterocycles. The first-order valence-corrected chi connectivity index (χ1v) is 4.05. The van der Waals surface area contributed by atoms with Gasteiger partial charge < -0.3 is 4.42 Å². The van der Waals surface area contributed by atoms with E-state index in [-0.39, 0.29) is 5.56 Å². The van der Waals surface area contributed by atoms with Crippen LogP contribution in [0.25, 0.3) is 5.88 Å². The SMILES string of the molecule is Cc1cn(-c2ccco2)c(=O)[nH]c1=O.